The molecular weight excluding hydrogens is 835 g/mol. The third-order valence-corrected chi connectivity index (χ3v) is 13.7. The number of ether oxygens (including phenoxy) is 3. The molecule has 0 saturated carbocycles. The molecule has 8 heteroatoms. The number of hydrogen-bond donors (Lipinski definition) is 0. The Hall–Kier alpha value is -1.93. The fourth-order valence-corrected chi connectivity index (χ4v) is 9.13. The van der Waals surface area contributed by atoms with E-state index >= 15 is 0 Å². The fourth-order valence-electron chi connectivity index (χ4n) is 9.13. The highest BCUT2D eigenvalue weighted by Gasteiger charge is 2.25. The van der Waals surface area contributed by atoms with Crippen LogP contribution in [0.4, 0.5) is 0 Å². The van der Waals surface area contributed by atoms with E-state index in [1.54, 1.807) is 0 Å². The number of aliphatic carboxylic acids is 1. The van der Waals surface area contributed by atoms with Crippen molar-refractivity contribution in [1.29, 1.82) is 0 Å². The second-order valence-corrected chi connectivity index (χ2v) is 21.2. The van der Waals surface area contributed by atoms with E-state index in [4.69, 9.17) is 14.2 Å². The van der Waals surface area contributed by atoms with Crippen molar-refractivity contribution in [1.82, 2.24) is 0 Å². The molecule has 0 aromatic rings. The van der Waals surface area contributed by atoms with Gasteiger partial charge in [-0.2, -0.15) is 0 Å². The highest BCUT2D eigenvalue weighted by Crippen LogP contribution is 2.17. The van der Waals surface area contributed by atoms with Crippen LogP contribution in [0.15, 0.2) is 12.2 Å². The van der Waals surface area contributed by atoms with Crippen LogP contribution in [0.1, 0.15) is 296 Å². The minimum absolute atomic E-state index is 0.0460. The molecule has 0 spiro atoms. The maximum atomic E-state index is 12.8. The Morgan fingerprint density at radius 1 is 0.433 bits per heavy atom. The zero-order chi connectivity index (χ0) is 49.2. The molecule has 0 aliphatic carbocycles. The standard InChI is InChI=1S/C59H113NO7/c1-6-8-10-12-14-16-18-20-22-24-26-28-29-30-32-33-35-37-39-41-43-45-47-49-57(61)66-54-55(53-65-52-51-56(59(63)64)60(3,4)5)67-58(62)50-48-46-44-42-40-38-36-34-31-27-25-23-21-19-17-15-13-11-9-7-2/h30,32,55-56H,6-29,31,33-54H2,1-5H3/b32-30+. The zero-order valence-electron chi connectivity index (χ0n) is 45.3. The summed E-state index contributed by atoms with van der Waals surface area (Å²) in [4.78, 5) is 37.2. The molecule has 0 radical (unpaired) electrons. The quantitative estimate of drug-likeness (QED) is 0.0259. The Balaban J connectivity index is 4.12. The third kappa shape index (κ3) is 48.9. The summed E-state index contributed by atoms with van der Waals surface area (Å²) in [5, 5.41) is 11.7. The van der Waals surface area contributed by atoms with Gasteiger partial charge in [0.25, 0.3) is 0 Å². The maximum Gasteiger partial charge on any atom is 0.306 e. The summed E-state index contributed by atoms with van der Waals surface area (Å²) >= 11 is 0. The number of carbonyl (C=O) groups excluding carboxylic acids is 3. The number of quaternary nitrogens is 1. The van der Waals surface area contributed by atoms with Crippen LogP contribution in [0, 0.1) is 0 Å². The number of rotatable bonds is 54. The predicted octanol–water partition coefficient (Wildman–Crippen LogP) is 16.0. The van der Waals surface area contributed by atoms with Gasteiger partial charge in [0.05, 0.1) is 40.3 Å². The number of unbranched alkanes of at least 4 members (excludes halogenated alkanes) is 38. The first-order valence-electron chi connectivity index (χ1n) is 29.2. The second-order valence-electron chi connectivity index (χ2n) is 21.2. The Labute approximate surface area is 416 Å². The van der Waals surface area contributed by atoms with E-state index in [0.717, 1.165) is 38.5 Å². The van der Waals surface area contributed by atoms with Crippen LogP contribution in [-0.2, 0) is 28.6 Å². The molecule has 396 valence electrons. The number of carboxylic acids is 1. The van der Waals surface area contributed by atoms with Crippen molar-refractivity contribution in [2.45, 2.75) is 309 Å². The summed E-state index contributed by atoms with van der Waals surface area (Å²) in [6.45, 7) is 4.73. The minimum Gasteiger partial charge on any atom is -0.544 e. The van der Waals surface area contributed by atoms with E-state index in [0.29, 0.717) is 12.8 Å². The summed E-state index contributed by atoms with van der Waals surface area (Å²) < 4.78 is 17.3. The van der Waals surface area contributed by atoms with Gasteiger partial charge in [0.15, 0.2) is 6.10 Å². The number of esters is 2. The van der Waals surface area contributed by atoms with Crippen molar-refractivity contribution in [3.05, 3.63) is 12.2 Å². The van der Waals surface area contributed by atoms with Gasteiger partial charge in [0.2, 0.25) is 0 Å². The lowest BCUT2D eigenvalue weighted by Crippen LogP contribution is -2.55. The predicted molar refractivity (Wildman–Crippen MR) is 282 cm³/mol. The molecule has 0 amide bonds. The summed E-state index contributed by atoms with van der Waals surface area (Å²) in [5.41, 5.74) is 0. The average molecular weight is 949 g/mol. The van der Waals surface area contributed by atoms with Crippen LogP contribution >= 0.6 is 0 Å². The van der Waals surface area contributed by atoms with E-state index in [1.807, 2.05) is 21.1 Å². The molecule has 0 fully saturated rings. The molecule has 0 rings (SSSR count). The Morgan fingerprint density at radius 3 is 1.07 bits per heavy atom. The molecule has 0 N–H and O–H groups in total. The lowest BCUT2D eigenvalue weighted by Gasteiger charge is -2.34. The summed E-state index contributed by atoms with van der Waals surface area (Å²) in [7, 11) is 5.44. The number of carboxylic acid groups (broad SMARTS) is 1. The van der Waals surface area contributed by atoms with Crippen LogP contribution in [0.3, 0.4) is 0 Å². The minimum atomic E-state index is -1.12. The van der Waals surface area contributed by atoms with Gasteiger partial charge in [-0.3, -0.25) is 9.59 Å². The van der Waals surface area contributed by atoms with Crippen LogP contribution in [0.5, 0.6) is 0 Å². The molecule has 0 aliphatic rings. The Bertz CT molecular complexity index is 1100. The smallest absolute Gasteiger partial charge is 0.306 e. The van der Waals surface area contributed by atoms with Crippen LogP contribution in [0.25, 0.3) is 0 Å². The van der Waals surface area contributed by atoms with Crippen LogP contribution in [-0.4, -0.2) is 75.5 Å². The van der Waals surface area contributed by atoms with Gasteiger partial charge in [0.1, 0.15) is 12.6 Å². The number of allylic oxidation sites excluding steroid dienone is 2. The van der Waals surface area contributed by atoms with E-state index in [9.17, 15) is 19.5 Å². The second kappa shape index (κ2) is 50.5. The summed E-state index contributed by atoms with van der Waals surface area (Å²) in [6, 6.07) is -0.723. The van der Waals surface area contributed by atoms with Crippen molar-refractivity contribution in [3.63, 3.8) is 0 Å². The van der Waals surface area contributed by atoms with Crippen molar-refractivity contribution < 1.29 is 38.2 Å². The maximum absolute atomic E-state index is 12.8. The van der Waals surface area contributed by atoms with E-state index in [1.165, 1.54) is 225 Å². The van der Waals surface area contributed by atoms with E-state index in [2.05, 4.69) is 26.0 Å². The third-order valence-electron chi connectivity index (χ3n) is 13.7. The Kier molecular flexibility index (Phi) is 49.0. The average Bonchev–Trinajstić information content (AvgIpc) is 3.29. The van der Waals surface area contributed by atoms with Gasteiger partial charge < -0.3 is 28.6 Å². The van der Waals surface area contributed by atoms with E-state index in [-0.39, 0.29) is 42.7 Å². The monoisotopic (exact) mass is 948 g/mol. The molecule has 0 bridgehead atoms. The molecule has 0 aliphatic heterocycles. The lowest BCUT2D eigenvalue weighted by molar-refractivity contribution is -0.889. The first-order valence-corrected chi connectivity index (χ1v) is 29.2. The SMILES string of the molecule is CCCCCCCCCCCCCC/C=C/CCCCCCCCCC(=O)OCC(COCCC(C(=O)[O-])[N+](C)(C)C)OC(=O)CCCCCCCCCCCCCCCCCCCCCC. The number of likely N-dealkylation sites (N-methyl/N-ethyl adjacent to an activating group) is 1. The molecular formula is C59H113NO7. The summed E-state index contributed by atoms with van der Waals surface area (Å²) in [5.74, 6) is -1.71. The van der Waals surface area contributed by atoms with E-state index < -0.39 is 18.1 Å². The highest BCUT2D eigenvalue weighted by molar-refractivity contribution is 5.70. The number of carbonyl (C=O) groups is 3. The van der Waals surface area contributed by atoms with Gasteiger partial charge >= 0.3 is 11.9 Å². The lowest BCUT2D eigenvalue weighted by atomic mass is 10.0. The van der Waals surface area contributed by atoms with Crippen molar-refractivity contribution in [3.8, 4) is 0 Å². The number of hydrogen-bond acceptors (Lipinski definition) is 7. The largest absolute Gasteiger partial charge is 0.544 e. The molecule has 0 aromatic heterocycles. The van der Waals surface area contributed by atoms with Crippen molar-refractivity contribution in [2.24, 2.45) is 0 Å². The molecule has 2 atom stereocenters. The molecule has 2 unspecified atom stereocenters. The van der Waals surface area contributed by atoms with Crippen molar-refractivity contribution >= 4 is 17.9 Å². The normalized spacial score (nSPS) is 12.8. The molecule has 0 heterocycles. The molecule has 0 aromatic carbocycles. The molecule has 67 heavy (non-hydrogen) atoms. The molecule has 0 saturated heterocycles. The number of nitrogens with zero attached hydrogens (tertiary/aromatic N) is 1. The fraction of sp³-hybridized carbons (Fsp3) is 0.915. The van der Waals surface area contributed by atoms with Gasteiger partial charge in [-0.1, -0.05) is 251 Å². The van der Waals surface area contributed by atoms with Gasteiger partial charge in [-0.15, -0.1) is 0 Å². The zero-order valence-corrected chi connectivity index (χ0v) is 45.3. The van der Waals surface area contributed by atoms with Crippen molar-refractivity contribution in [2.75, 3.05) is 41.0 Å². The first-order chi connectivity index (χ1) is 32.6. The van der Waals surface area contributed by atoms with Gasteiger partial charge in [-0.25, -0.2) is 0 Å². The topological polar surface area (TPSA) is 102 Å². The Morgan fingerprint density at radius 2 is 0.746 bits per heavy atom. The van der Waals surface area contributed by atoms with Crippen LogP contribution < -0.4 is 5.11 Å². The molecule has 8 nitrogen and oxygen atoms in total. The van der Waals surface area contributed by atoms with Crippen LogP contribution in [0.2, 0.25) is 0 Å². The highest BCUT2D eigenvalue weighted by atomic mass is 16.6. The first kappa shape index (κ1) is 65.1. The van der Waals surface area contributed by atoms with Gasteiger partial charge in [-0.05, 0) is 38.5 Å². The van der Waals surface area contributed by atoms with Gasteiger partial charge in [0, 0.05) is 19.3 Å². The summed E-state index contributed by atoms with van der Waals surface area (Å²) in [6.07, 6.45) is 58.3.